The third kappa shape index (κ3) is 20.8. The molecule has 0 radical (unpaired) electrons. The average Bonchev–Trinajstić information content (AvgIpc) is 3.73. The van der Waals surface area contributed by atoms with Gasteiger partial charge in [0, 0.05) is 19.5 Å². The van der Waals surface area contributed by atoms with Crippen molar-refractivity contribution < 1.29 is 87.8 Å². The molecule has 1 aliphatic heterocycles. The normalized spacial score (nSPS) is 16.9. The third-order valence-corrected chi connectivity index (χ3v) is 11.4. The number of carbonyl (C=O) groups excluding carboxylic acids is 8. The number of hydrogen-bond donors (Lipinski definition) is 12. The molecule has 1 fully saturated rings. The van der Waals surface area contributed by atoms with Crippen LogP contribution < -0.4 is 37.3 Å². The zero-order valence-electron chi connectivity index (χ0n) is 38.7. The van der Waals surface area contributed by atoms with Crippen LogP contribution >= 0.6 is 46.4 Å². The van der Waals surface area contributed by atoms with Crippen LogP contribution in [0.4, 0.5) is 9.59 Å². The number of likely N-dealkylation sites (tertiary alicyclic amines) is 1. The number of aliphatic carboxylic acids is 3. The molecule has 0 spiro atoms. The van der Waals surface area contributed by atoms with Gasteiger partial charge in [-0.3, -0.25) is 53.4 Å². The molecular weight excluding hydrogens is 1020 g/mol. The van der Waals surface area contributed by atoms with E-state index in [0.29, 0.717) is 12.8 Å². The zero-order chi connectivity index (χ0) is 54.0. The molecule has 1 aliphatic rings. The lowest BCUT2D eigenvalue weighted by Gasteiger charge is -2.33. The molecule has 1 saturated heterocycles. The van der Waals surface area contributed by atoms with Crippen molar-refractivity contribution in [1.82, 2.24) is 47.2 Å². The fourth-order valence-electron chi connectivity index (χ4n) is 6.52. The predicted octanol–water partition coefficient (Wildman–Crippen LogP) is -0.640. The van der Waals surface area contributed by atoms with E-state index in [0.717, 1.165) is 11.9 Å². The number of rotatable bonds is 26. The summed E-state index contributed by atoms with van der Waals surface area (Å²) in [6, 6.07) is -12.0. The van der Waals surface area contributed by atoms with Crippen LogP contribution in [0.15, 0.2) is 0 Å². The molecule has 0 aliphatic carbocycles. The molecule has 27 nitrogen and oxygen atoms in total. The number of carboxylic acid groups (broad SMARTS) is 4. The molecule has 0 aromatic rings. The quantitative estimate of drug-likeness (QED) is 0.0379. The fraction of sp³-hybridized carbons (Fsp3) is 0.692. The number of aliphatic hydroxyl groups excluding tert-OH is 1. The molecule has 0 bridgehead atoms. The summed E-state index contributed by atoms with van der Waals surface area (Å²) in [7, 11) is 0. The van der Waals surface area contributed by atoms with Crippen molar-refractivity contribution in [3.8, 4) is 0 Å². The maximum atomic E-state index is 14.1. The first-order chi connectivity index (χ1) is 32.3. The number of halogens is 4. The average molecular weight is 1080 g/mol. The molecule has 31 heteroatoms. The van der Waals surface area contributed by atoms with Crippen LogP contribution in [0.25, 0.3) is 0 Å². The second-order valence-corrected chi connectivity index (χ2v) is 19.3. The second kappa shape index (κ2) is 28.9. The Morgan fingerprint density at radius 1 is 0.671 bits per heavy atom. The lowest BCUT2D eigenvalue weighted by atomic mass is 9.98. The second-order valence-electron chi connectivity index (χ2n) is 16.5. The monoisotopic (exact) mass is 1080 g/mol. The smallest absolute Gasteiger partial charge is 0.430 e. The summed E-state index contributed by atoms with van der Waals surface area (Å²) in [6.45, 7) is 8.73. The molecule has 1 heterocycles. The van der Waals surface area contributed by atoms with Gasteiger partial charge in [-0.1, -0.05) is 81.0 Å². The predicted molar refractivity (Wildman–Crippen MR) is 244 cm³/mol. The van der Waals surface area contributed by atoms with Gasteiger partial charge in [0.05, 0.1) is 18.9 Å². The van der Waals surface area contributed by atoms with Crippen molar-refractivity contribution >= 4 is 118 Å². The Balaban J connectivity index is 3.36. The van der Waals surface area contributed by atoms with E-state index in [9.17, 15) is 72.9 Å². The minimum Gasteiger partial charge on any atom is -0.481 e. The Labute approximate surface area is 420 Å². The number of alkyl halides is 4. The first kappa shape index (κ1) is 62.4. The molecule has 9 atom stereocenters. The van der Waals surface area contributed by atoms with Crippen molar-refractivity contribution in [2.45, 2.75) is 144 Å². The van der Waals surface area contributed by atoms with Crippen molar-refractivity contribution in [2.24, 2.45) is 11.8 Å². The van der Waals surface area contributed by atoms with Crippen molar-refractivity contribution in [1.29, 1.82) is 0 Å². The van der Waals surface area contributed by atoms with Crippen LogP contribution in [-0.2, 0) is 52.7 Å². The molecule has 70 heavy (non-hydrogen) atoms. The van der Waals surface area contributed by atoms with Gasteiger partial charge < -0.3 is 67.1 Å². The van der Waals surface area contributed by atoms with Gasteiger partial charge in [-0.15, -0.1) is 0 Å². The summed E-state index contributed by atoms with van der Waals surface area (Å²) in [5.74, 6) is -14.1. The number of aliphatic hydroxyl groups is 1. The molecule has 12 N–H and O–H groups in total. The number of nitrogens with one attached hydrogen (secondary N) is 7. The molecule has 0 aromatic carbocycles. The SMILES string of the molecule is CCCN(NC(=O)[C@@H]1CCCN1C(=O)[C@@H](NC(=O)[C@@H](NC(=O)[C@H](CC(=O)O)NC(=O)[C@H](CCC(=O)O)NC(=O)[C@@H](NC(=O)[C@H](CC(=O)O)NC(=O)O)[C@@H](C)O)C(C)C)C(C)C)C(=O)OC(Cl)C(Cl)(Cl)Cl. The number of ether oxygens (including phenoxy) is 1. The molecule has 9 amide bonds. The zero-order valence-corrected chi connectivity index (χ0v) is 41.7. The van der Waals surface area contributed by atoms with Gasteiger partial charge in [0.2, 0.25) is 44.8 Å². The number of hydrazine groups is 1. The van der Waals surface area contributed by atoms with Crippen LogP contribution in [0.2, 0.25) is 0 Å². The maximum Gasteiger partial charge on any atom is 0.430 e. The van der Waals surface area contributed by atoms with E-state index in [2.05, 4.69) is 26.7 Å². The summed E-state index contributed by atoms with van der Waals surface area (Å²) in [6.07, 6.45) is -7.80. The molecular formula is C39H59Cl4N9O18. The molecule has 396 valence electrons. The van der Waals surface area contributed by atoms with Gasteiger partial charge in [0.25, 0.3) is 5.91 Å². The van der Waals surface area contributed by atoms with E-state index in [-0.39, 0.29) is 19.5 Å². The van der Waals surface area contributed by atoms with Gasteiger partial charge in [-0.2, -0.15) is 0 Å². The Morgan fingerprint density at radius 3 is 1.60 bits per heavy atom. The Bertz CT molecular complexity index is 1930. The van der Waals surface area contributed by atoms with E-state index < -0.39 is 167 Å². The van der Waals surface area contributed by atoms with Gasteiger partial charge >= 0.3 is 30.1 Å². The first-order valence-electron chi connectivity index (χ1n) is 21.5. The summed E-state index contributed by atoms with van der Waals surface area (Å²) in [4.78, 5) is 155. The van der Waals surface area contributed by atoms with E-state index in [1.54, 1.807) is 26.1 Å². The lowest BCUT2D eigenvalue weighted by molar-refractivity contribution is -0.144. The summed E-state index contributed by atoms with van der Waals surface area (Å²) in [5.41, 5.74) is 0.642. The summed E-state index contributed by atoms with van der Waals surface area (Å²) < 4.78 is 2.73. The number of carboxylic acids is 3. The molecule has 0 aromatic heterocycles. The minimum atomic E-state index is -2.21. The molecule has 1 rings (SSSR count). The lowest BCUT2D eigenvalue weighted by Crippen LogP contribution is -2.62. The van der Waals surface area contributed by atoms with Crippen LogP contribution in [-0.4, -0.2) is 178 Å². The number of nitrogens with zero attached hydrogens (tertiary/aromatic N) is 2. The minimum absolute atomic E-state index is 0.0475. The number of amides is 9. The maximum absolute atomic E-state index is 14.1. The highest BCUT2D eigenvalue weighted by Crippen LogP contribution is 2.34. The van der Waals surface area contributed by atoms with Gasteiger partial charge in [-0.25, -0.2) is 14.6 Å². The van der Waals surface area contributed by atoms with Crippen molar-refractivity contribution in [3.05, 3.63) is 0 Å². The highest BCUT2D eigenvalue weighted by atomic mass is 35.6. The van der Waals surface area contributed by atoms with Gasteiger partial charge in [0.1, 0.15) is 42.3 Å². The van der Waals surface area contributed by atoms with Crippen LogP contribution in [0.1, 0.15) is 86.5 Å². The summed E-state index contributed by atoms with van der Waals surface area (Å²) >= 11 is 22.9. The van der Waals surface area contributed by atoms with Crippen molar-refractivity contribution in [2.75, 3.05) is 13.1 Å². The van der Waals surface area contributed by atoms with E-state index in [1.165, 1.54) is 18.7 Å². The van der Waals surface area contributed by atoms with E-state index in [1.807, 2.05) is 5.32 Å². The van der Waals surface area contributed by atoms with Gasteiger partial charge in [0.15, 0.2) is 0 Å². The highest BCUT2D eigenvalue weighted by molar-refractivity contribution is 6.70. The molecule has 1 unspecified atom stereocenters. The number of hydrogen-bond acceptors (Lipinski definition) is 14. The largest absolute Gasteiger partial charge is 0.481 e. The number of carbonyl (C=O) groups is 12. The van der Waals surface area contributed by atoms with E-state index >= 15 is 0 Å². The fourth-order valence-corrected chi connectivity index (χ4v) is 6.73. The van der Waals surface area contributed by atoms with E-state index in [4.69, 9.17) is 61.4 Å². The van der Waals surface area contributed by atoms with Gasteiger partial charge in [-0.05, 0) is 44.4 Å². The third-order valence-electron chi connectivity index (χ3n) is 10.0. The standard InChI is InChI=1S/C39H59Cl4N9O18/c1-7-12-52(38(69)70-36(40)39(41,42)43)50-32(63)22-9-8-13-51(22)35(66)27(17(4)5)48-33(64)26(16(2)3)47-30(61)20(14-24(56)57)45-29(60)19(10-11-23(54)55)44-34(65)28(18(6)53)49-31(62)21(15-25(58)59)46-37(67)68/h16-22,26-28,36,46,53H,7-15H2,1-6H3,(H,44,65)(H,45,60)(H,47,61)(H,48,64)(H,49,62)(H,50,63)(H,54,55)(H,56,57)(H,58,59)(H,67,68)/t18-,19+,20+,21+,22+,26+,27+,28+,36?/m1/s1. The highest BCUT2D eigenvalue weighted by Gasteiger charge is 2.42. The topological polar surface area (TPSA) is 406 Å². The Kier molecular flexibility index (Phi) is 25.7. The summed E-state index contributed by atoms with van der Waals surface area (Å²) in [5, 5.41) is 60.9. The first-order valence-corrected chi connectivity index (χ1v) is 23.0. The Morgan fingerprint density at radius 2 is 1.14 bits per heavy atom. The van der Waals surface area contributed by atoms with Crippen LogP contribution in [0, 0.1) is 11.8 Å². The molecule has 0 saturated carbocycles. The van der Waals surface area contributed by atoms with Crippen molar-refractivity contribution in [3.63, 3.8) is 0 Å². The van der Waals surface area contributed by atoms with Crippen LogP contribution in [0.5, 0.6) is 0 Å². The van der Waals surface area contributed by atoms with Crippen LogP contribution in [0.3, 0.4) is 0 Å². The Hall–Kier alpha value is -5.64.